The van der Waals surface area contributed by atoms with Crippen molar-refractivity contribution in [3.63, 3.8) is 0 Å². The summed E-state index contributed by atoms with van der Waals surface area (Å²) in [6.07, 6.45) is 3.28. The average Bonchev–Trinajstić information content (AvgIpc) is 3.24. The highest BCUT2D eigenvalue weighted by molar-refractivity contribution is 5.96. The van der Waals surface area contributed by atoms with Gasteiger partial charge in [-0.3, -0.25) is 9.59 Å². The molecule has 0 spiro atoms. The Morgan fingerprint density at radius 1 is 1.38 bits per heavy atom. The molecule has 9 heteroatoms. The second-order valence-corrected chi connectivity index (χ2v) is 7.21. The zero-order chi connectivity index (χ0) is 18.1. The van der Waals surface area contributed by atoms with Gasteiger partial charge in [0.15, 0.2) is 5.60 Å². The summed E-state index contributed by atoms with van der Waals surface area (Å²) in [7, 11) is 0. The third kappa shape index (κ3) is 3.41. The average molecular weight is 364 g/mol. The Balaban J connectivity index is 1.25. The summed E-state index contributed by atoms with van der Waals surface area (Å²) >= 11 is 0. The molecule has 2 aliphatic heterocycles. The van der Waals surface area contributed by atoms with E-state index in [0.29, 0.717) is 37.8 Å². The number of hydrogen-bond acceptors (Lipinski definition) is 6. The minimum Gasteiger partial charge on any atom is -0.477 e. The number of aryl methyl sites for hydroxylation is 1. The molecule has 0 bridgehead atoms. The maximum Gasteiger partial charge on any atom is 0.258 e. The van der Waals surface area contributed by atoms with Gasteiger partial charge < -0.3 is 24.8 Å². The van der Waals surface area contributed by atoms with Crippen LogP contribution in [-0.2, 0) is 20.8 Å². The molecule has 1 aliphatic carbocycles. The molecule has 2 amide bonds. The molecule has 1 saturated carbocycles. The molecule has 0 aromatic carbocycles. The number of aromatic nitrogens is 2. The van der Waals surface area contributed by atoms with Crippen molar-refractivity contribution in [1.29, 1.82) is 0 Å². The molecule has 4 rings (SSSR count). The maximum atomic E-state index is 12.4. The van der Waals surface area contributed by atoms with Crippen molar-refractivity contribution >= 4 is 11.8 Å². The van der Waals surface area contributed by atoms with Gasteiger partial charge in [-0.05, 0) is 19.3 Å². The molecular weight excluding hydrogens is 340 g/mol. The summed E-state index contributed by atoms with van der Waals surface area (Å²) in [5.41, 5.74) is -0.463. The van der Waals surface area contributed by atoms with Crippen molar-refractivity contribution in [3.8, 4) is 5.88 Å². The molecule has 142 valence electrons. The Bertz CT molecular complexity index is 697. The number of fused-ring (bicyclic) bond motifs is 1. The van der Waals surface area contributed by atoms with Crippen molar-refractivity contribution in [2.75, 3.05) is 33.0 Å². The third-order valence-electron chi connectivity index (χ3n) is 5.06. The monoisotopic (exact) mass is 364 g/mol. The van der Waals surface area contributed by atoms with Crippen LogP contribution in [0.3, 0.4) is 0 Å². The quantitative estimate of drug-likeness (QED) is 0.744. The number of ether oxygens (including phenoxy) is 3. The third-order valence-corrected chi connectivity index (χ3v) is 5.06. The van der Waals surface area contributed by atoms with Crippen LogP contribution in [0.2, 0.25) is 0 Å². The van der Waals surface area contributed by atoms with Crippen molar-refractivity contribution in [2.45, 2.75) is 38.0 Å². The fourth-order valence-electron chi connectivity index (χ4n) is 3.28. The first-order valence-electron chi connectivity index (χ1n) is 9.06. The highest BCUT2D eigenvalue weighted by Crippen LogP contribution is 2.31. The van der Waals surface area contributed by atoms with Crippen LogP contribution in [0.1, 0.15) is 30.1 Å². The van der Waals surface area contributed by atoms with E-state index in [1.807, 2.05) is 0 Å². The first-order valence-corrected chi connectivity index (χ1v) is 9.06. The molecule has 1 unspecified atom stereocenters. The van der Waals surface area contributed by atoms with E-state index in [0.717, 1.165) is 19.4 Å². The highest BCUT2D eigenvalue weighted by Gasteiger charge is 2.44. The Hall–Kier alpha value is -2.13. The molecular formula is C17H24N4O5. The van der Waals surface area contributed by atoms with Crippen LogP contribution in [0.5, 0.6) is 5.88 Å². The minimum absolute atomic E-state index is 0.0579. The number of amides is 2. The molecule has 3 heterocycles. The fourth-order valence-corrected chi connectivity index (χ4v) is 3.28. The van der Waals surface area contributed by atoms with Gasteiger partial charge in [-0.2, -0.15) is 5.10 Å². The number of carbonyl (C=O) groups excluding carboxylic acids is 2. The summed E-state index contributed by atoms with van der Waals surface area (Å²) in [6, 6.07) is 0.0579. The molecule has 2 N–H and O–H groups in total. The van der Waals surface area contributed by atoms with Gasteiger partial charge in [0.05, 0.1) is 32.6 Å². The number of nitrogens with zero attached hydrogens (tertiary/aromatic N) is 2. The fraction of sp³-hybridized carbons (Fsp3) is 0.706. The van der Waals surface area contributed by atoms with Gasteiger partial charge in [0.1, 0.15) is 5.56 Å². The van der Waals surface area contributed by atoms with E-state index >= 15 is 0 Å². The van der Waals surface area contributed by atoms with Crippen molar-refractivity contribution in [2.24, 2.45) is 5.92 Å². The summed E-state index contributed by atoms with van der Waals surface area (Å²) in [6.45, 7) is 4.82. The lowest BCUT2D eigenvalue weighted by atomic mass is 10.1. The summed E-state index contributed by atoms with van der Waals surface area (Å²) < 4.78 is 18.2. The Morgan fingerprint density at radius 3 is 3.08 bits per heavy atom. The van der Waals surface area contributed by atoms with E-state index in [2.05, 4.69) is 15.7 Å². The maximum absolute atomic E-state index is 12.4. The van der Waals surface area contributed by atoms with Crippen molar-refractivity contribution in [1.82, 2.24) is 20.4 Å². The lowest BCUT2D eigenvalue weighted by Gasteiger charge is -2.32. The predicted molar refractivity (Wildman–Crippen MR) is 89.9 cm³/mol. The standard InChI is InChI=1S/C17H24N4O5/c1-17(10-24-5-6-26-17)16(23)20-13-7-11(13)8-18-14(22)12-9-19-21-3-2-4-25-15(12)21/h9,11,13H,2-8,10H2,1H3,(H,18,22)(H,20,23)/t11-,13+,17?/m0/s1. The minimum atomic E-state index is -0.927. The molecule has 1 aromatic heterocycles. The van der Waals surface area contributed by atoms with Crippen LogP contribution in [-0.4, -0.2) is 66.2 Å². The van der Waals surface area contributed by atoms with E-state index in [9.17, 15) is 9.59 Å². The van der Waals surface area contributed by atoms with E-state index in [1.165, 1.54) is 0 Å². The van der Waals surface area contributed by atoms with Crippen molar-refractivity contribution < 1.29 is 23.8 Å². The van der Waals surface area contributed by atoms with Gasteiger partial charge in [0.2, 0.25) is 5.88 Å². The van der Waals surface area contributed by atoms with Gasteiger partial charge in [0, 0.05) is 25.6 Å². The SMILES string of the molecule is CC1(C(=O)N[C@@H]2C[C@H]2CNC(=O)c2cnn3c2OCCC3)COCCO1. The Morgan fingerprint density at radius 2 is 2.27 bits per heavy atom. The van der Waals surface area contributed by atoms with Crippen LogP contribution in [0.4, 0.5) is 0 Å². The van der Waals surface area contributed by atoms with E-state index in [-0.39, 0.29) is 30.4 Å². The Labute approximate surface area is 151 Å². The van der Waals surface area contributed by atoms with E-state index in [1.54, 1.807) is 17.8 Å². The largest absolute Gasteiger partial charge is 0.477 e. The first-order chi connectivity index (χ1) is 12.6. The number of hydrogen-bond donors (Lipinski definition) is 2. The lowest BCUT2D eigenvalue weighted by molar-refractivity contribution is -0.173. The van der Waals surface area contributed by atoms with Crippen LogP contribution < -0.4 is 15.4 Å². The molecule has 26 heavy (non-hydrogen) atoms. The van der Waals surface area contributed by atoms with Crippen molar-refractivity contribution in [3.05, 3.63) is 11.8 Å². The summed E-state index contributed by atoms with van der Waals surface area (Å²) in [5, 5.41) is 10.1. The molecule has 0 radical (unpaired) electrons. The predicted octanol–water partition coefficient (Wildman–Crippen LogP) is -0.294. The zero-order valence-corrected chi connectivity index (χ0v) is 14.8. The first kappa shape index (κ1) is 17.3. The molecule has 3 atom stereocenters. The van der Waals surface area contributed by atoms with Gasteiger partial charge in [0.25, 0.3) is 11.8 Å². The Kier molecular flexibility index (Phi) is 4.58. The van der Waals surface area contributed by atoms with E-state index < -0.39 is 5.60 Å². The smallest absolute Gasteiger partial charge is 0.258 e. The van der Waals surface area contributed by atoms with Crippen LogP contribution in [0.15, 0.2) is 6.20 Å². The molecule has 2 fully saturated rings. The van der Waals surface area contributed by atoms with Crippen LogP contribution >= 0.6 is 0 Å². The number of rotatable bonds is 5. The lowest BCUT2D eigenvalue weighted by Crippen LogP contribution is -2.53. The topological polar surface area (TPSA) is 104 Å². The van der Waals surface area contributed by atoms with Crippen LogP contribution in [0, 0.1) is 5.92 Å². The number of carbonyl (C=O) groups is 2. The molecule has 9 nitrogen and oxygen atoms in total. The van der Waals surface area contributed by atoms with Gasteiger partial charge >= 0.3 is 0 Å². The normalized spacial score (nSPS) is 30.0. The second kappa shape index (κ2) is 6.88. The number of nitrogens with one attached hydrogen (secondary N) is 2. The molecule has 1 saturated heterocycles. The van der Waals surface area contributed by atoms with Gasteiger partial charge in [-0.25, -0.2) is 4.68 Å². The summed E-state index contributed by atoms with van der Waals surface area (Å²) in [5.74, 6) is 0.413. The molecule has 3 aliphatic rings. The van der Waals surface area contributed by atoms with Crippen LogP contribution in [0.25, 0.3) is 0 Å². The van der Waals surface area contributed by atoms with Gasteiger partial charge in [-0.1, -0.05) is 0 Å². The van der Waals surface area contributed by atoms with E-state index in [4.69, 9.17) is 14.2 Å². The second-order valence-electron chi connectivity index (χ2n) is 7.21. The van der Waals surface area contributed by atoms with Gasteiger partial charge in [-0.15, -0.1) is 0 Å². The zero-order valence-electron chi connectivity index (χ0n) is 14.8. The molecule has 1 aromatic rings. The summed E-state index contributed by atoms with van der Waals surface area (Å²) in [4.78, 5) is 24.7. The highest BCUT2D eigenvalue weighted by atomic mass is 16.6.